The highest BCUT2D eigenvalue weighted by atomic mass is 16.4. The number of hydrogen-bond donors (Lipinski definition) is 2. The molecule has 1 rings (SSSR count). The van der Waals surface area contributed by atoms with Gasteiger partial charge in [-0.1, -0.05) is 163 Å². The Bertz CT molecular complexity index is 761. The SMILES string of the molecule is CCCCCCCCCCCCCCCCCCC(CCC(=O)O)c1cc(C(C)(C)C)c(O)c(C(C)(C)C)c1. The highest BCUT2D eigenvalue weighted by Gasteiger charge is 2.28. The number of carboxylic acid groups (broad SMARTS) is 1. The number of hydrogen-bond acceptors (Lipinski definition) is 2. The molecule has 0 spiro atoms. The molecule has 3 heteroatoms. The highest BCUT2D eigenvalue weighted by Crippen LogP contribution is 2.42. The third-order valence-corrected chi connectivity index (χ3v) is 8.33. The fourth-order valence-corrected chi connectivity index (χ4v) is 5.75. The Labute approximate surface area is 242 Å². The number of unbranched alkanes of at least 4 members (excludes halogenated alkanes) is 15. The molecule has 0 saturated carbocycles. The predicted molar refractivity (Wildman–Crippen MR) is 169 cm³/mol. The summed E-state index contributed by atoms with van der Waals surface area (Å²) in [5.41, 5.74) is 2.79. The molecule has 0 amide bonds. The van der Waals surface area contributed by atoms with Gasteiger partial charge in [0.05, 0.1) is 0 Å². The molecule has 0 fully saturated rings. The van der Waals surface area contributed by atoms with Crippen LogP contribution in [0, 0.1) is 0 Å². The second-order valence-electron chi connectivity index (χ2n) is 14.2. The van der Waals surface area contributed by atoms with Gasteiger partial charge in [-0.2, -0.15) is 0 Å². The number of carboxylic acids is 1. The molecule has 0 saturated heterocycles. The molecule has 1 atom stereocenters. The van der Waals surface area contributed by atoms with Gasteiger partial charge >= 0.3 is 5.97 Å². The van der Waals surface area contributed by atoms with E-state index in [9.17, 15) is 15.0 Å². The third kappa shape index (κ3) is 15.2. The molecule has 1 aromatic rings. The van der Waals surface area contributed by atoms with E-state index >= 15 is 0 Å². The lowest BCUT2D eigenvalue weighted by Gasteiger charge is -2.30. The van der Waals surface area contributed by atoms with Crippen molar-refractivity contribution >= 4 is 5.97 Å². The van der Waals surface area contributed by atoms with Gasteiger partial charge in [-0.3, -0.25) is 4.79 Å². The van der Waals surface area contributed by atoms with E-state index < -0.39 is 5.97 Å². The molecule has 3 nitrogen and oxygen atoms in total. The Morgan fingerprint density at radius 2 is 1.00 bits per heavy atom. The molecule has 1 unspecified atom stereocenters. The molecular formula is C36H64O3. The number of rotatable bonds is 21. The van der Waals surface area contributed by atoms with E-state index in [-0.39, 0.29) is 23.2 Å². The average molecular weight is 545 g/mol. The third-order valence-electron chi connectivity index (χ3n) is 8.33. The molecular weight excluding hydrogens is 480 g/mol. The van der Waals surface area contributed by atoms with Crippen molar-refractivity contribution in [1.82, 2.24) is 0 Å². The van der Waals surface area contributed by atoms with E-state index in [0.717, 1.165) is 24.0 Å². The molecule has 0 aliphatic heterocycles. The summed E-state index contributed by atoms with van der Waals surface area (Å²) in [7, 11) is 0. The first-order valence-electron chi connectivity index (χ1n) is 16.5. The van der Waals surface area contributed by atoms with Crippen molar-refractivity contribution < 1.29 is 15.0 Å². The number of phenolic OH excluding ortho intramolecular Hbond substituents is 1. The van der Waals surface area contributed by atoms with Gasteiger partial charge in [0.25, 0.3) is 0 Å². The summed E-state index contributed by atoms with van der Waals surface area (Å²) in [5, 5.41) is 20.5. The topological polar surface area (TPSA) is 57.5 Å². The molecule has 0 aliphatic rings. The zero-order chi connectivity index (χ0) is 29.3. The van der Waals surface area contributed by atoms with E-state index in [4.69, 9.17) is 0 Å². The van der Waals surface area contributed by atoms with Crippen LogP contribution in [0.4, 0.5) is 0 Å². The Morgan fingerprint density at radius 1 is 0.641 bits per heavy atom. The lowest BCUT2D eigenvalue weighted by Crippen LogP contribution is -2.18. The fraction of sp³-hybridized carbons (Fsp3) is 0.806. The van der Waals surface area contributed by atoms with E-state index in [0.29, 0.717) is 12.2 Å². The first kappa shape index (κ1) is 35.5. The monoisotopic (exact) mass is 544 g/mol. The lowest BCUT2D eigenvalue weighted by atomic mass is 9.76. The predicted octanol–water partition coefficient (Wildman–Crippen LogP) is 11.6. The molecule has 39 heavy (non-hydrogen) atoms. The van der Waals surface area contributed by atoms with Crippen LogP contribution in [0.15, 0.2) is 12.1 Å². The number of aromatic hydroxyl groups is 1. The van der Waals surface area contributed by atoms with E-state index in [1.807, 2.05) is 0 Å². The minimum atomic E-state index is -0.724. The van der Waals surface area contributed by atoms with Gasteiger partial charge in [0.15, 0.2) is 0 Å². The van der Waals surface area contributed by atoms with Gasteiger partial charge in [-0.15, -0.1) is 0 Å². The van der Waals surface area contributed by atoms with Gasteiger partial charge in [0, 0.05) is 6.42 Å². The second kappa shape index (κ2) is 18.8. The number of phenols is 1. The Hall–Kier alpha value is -1.51. The van der Waals surface area contributed by atoms with Gasteiger partial charge < -0.3 is 10.2 Å². The summed E-state index contributed by atoms with van der Waals surface area (Å²) in [4.78, 5) is 11.4. The van der Waals surface area contributed by atoms with Gasteiger partial charge in [0.1, 0.15) is 5.75 Å². The Kier molecular flexibility index (Phi) is 17.1. The van der Waals surface area contributed by atoms with Crippen LogP contribution in [-0.2, 0) is 15.6 Å². The van der Waals surface area contributed by atoms with Gasteiger partial charge in [-0.05, 0) is 46.3 Å². The standard InChI is InChI=1S/C36H64O3/c1-8-9-10-11-12-13-14-15-16-17-18-19-20-21-22-23-24-29(25-26-33(37)38)30-27-31(35(2,3)4)34(39)32(28-30)36(5,6)7/h27-29,39H,8-26H2,1-7H3,(H,37,38). The van der Waals surface area contributed by atoms with Crippen LogP contribution < -0.4 is 0 Å². The molecule has 1 aromatic carbocycles. The first-order chi connectivity index (χ1) is 18.4. The zero-order valence-corrected chi connectivity index (χ0v) is 27.0. The lowest BCUT2D eigenvalue weighted by molar-refractivity contribution is -0.137. The normalized spacial score (nSPS) is 13.1. The van der Waals surface area contributed by atoms with Crippen LogP contribution in [0.25, 0.3) is 0 Å². The van der Waals surface area contributed by atoms with Crippen molar-refractivity contribution in [2.75, 3.05) is 0 Å². The van der Waals surface area contributed by atoms with Crippen LogP contribution >= 0.6 is 0 Å². The molecule has 2 N–H and O–H groups in total. The smallest absolute Gasteiger partial charge is 0.303 e. The minimum absolute atomic E-state index is 0.175. The van der Waals surface area contributed by atoms with Crippen molar-refractivity contribution in [3.8, 4) is 5.75 Å². The largest absolute Gasteiger partial charge is 0.507 e. The molecule has 0 aliphatic carbocycles. The van der Waals surface area contributed by atoms with Crippen molar-refractivity contribution in [3.05, 3.63) is 28.8 Å². The van der Waals surface area contributed by atoms with E-state index in [2.05, 4.69) is 60.6 Å². The van der Waals surface area contributed by atoms with Crippen LogP contribution in [-0.4, -0.2) is 16.2 Å². The molecule has 0 bridgehead atoms. The summed E-state index contributed by atoms with van der Waals surface area (Å²) in [6.07, 6.45) is 23.6. The molecule has 0 radical (unpaired) electrons. The summed E-state index contributed by atoms with van der Waals surface area (Å²) < 4.78 is 0. The maximum absolute atomic E-state index is 11.4. The average Bonchev–Trinajstić information content (AvgIpc) is 2.84. The van der Waals surface area contributed by atoms with Gasteiger partial charge in [-0.25, -0.2) is 0 Å². The van der Waals surface area contributed by atoms with Crippen molar-refractivity contribution in [2.45, 2.75) is 187 Å². The number of carbonyl (C=O) groups is 1. The quantitative estimate of drug-likeness (QED) is 0.151. The number of aliphatic carboxylic acids is 1. The Balaban J connectivity index is 2.49. The number of benzene rings is 1. The van der Waals surface area contributed by atoms with E-state index in [1.165, 1.54) is 102 Å². The van der Waals surface area contributed by atoms with Crippen molar-refractivity contribution in [3.63, 3.8) is 0 Å². The van der Waals surface area contributed by atoms with Crippen LogP contribution in [0.1, 0.15) is 193 Å². The van der Waals surface area contributed by atoms with Crippen molar-refractivity contribution in [2.24, 2.45) is 0 Å². The molecule has 0 heterocycles. The second-order valence-corrected chi connectivity index (χ2v) is 14.2. The summed E-state index contributed by atoms with van der Waals surface area (Å²) >= 11 is 0. The maximum Gasteiger partial charge on any atom is 0.303 e. The summed E-state index contributed by atoms with van der Waals surface area (Å²) in [5.74, 6) is -0.105. The zero-order valence-electron chi connectivity index (χ0n) is 27.0. The van der Waals surface area contributed by atoms with Crippen LogP contribution in [0.5, 0.6) is 5.75 Å². The van der Waals surface area contributed by atoms with Crippen LogP contribution in [0.3, 0.4) is 0 Å². The maximum atomic E-state index is 11.4. The highest BCUT2D eigenvalue weighted by molar-refractivity contribution is 5.66. The Morgan fingerprint density at radius 3 is 1.33 bits per heavy atom. The minimum Gasteiger partial charge on any atom is -0.507 e. The van der Waals surface area contributed by atoms with Crippen LogP contribution in [0.2, 0.25) is 0 Å². The first-order valence-corrected chi connectivity index (χ1v) is 16.5. The fourth-order valence-electron chi connectivity index (χ4n) is 5.75. The molecule has 0 aromatic heterocycles. The molecule has 226 valence electrons. The van der Waals surface area contributed by atoms with Crippen molar-refractivity contribution in [1.29, 1.82) is 0 Å². The van der Waals surface area contributed by atoms with Gasteiger partial charge in [0.2, 0.25) is 0 Å². The summed E-state index contributed by atoms with van der Waals surface area (Å²) in [6, 6.07) is 4.31. The van der Waals surface area contributed by atoms with E-state index in [1.54, 1.807) is 0 Å². The summed E-state index contributed by atoms with van der Waals surface area (Å²) in [6.45, 7) is 15.1.